The maximum atomic E-state index is 12.2. The van der Waals surface area contributed by atoms with Crippen LogP contribution in [0.3, 0.4) is 0 Å². The van der Waals surface area contributed by atoms with Gasteiger partial charge in [0.25, 0.3) is 0 Å². The number of carbonyl (C=O) groups excluding carboxylic acids is 1. The highest BCUT2D eigenvalue weighted by molar-refractivity contribution is 7.99. The lowest BCUT2D eigenvalue weighted by molar-refractivity contribution is -0.119. The minimum absolute atomic E-state index is 0.0312. The molecule has 2 aromatic heterocycles. The molecule has 0 aliphatic heterocycles. The molecule has 2 heterocycles. The van der Waals surface area contributed by atoms with Crippen molar-refractivity contribution in [1.29, 1.82) is 0 Å². The molecule has 3 aromatic rings. The van der Waals surface area contributed by atoms with Crippen LogP contribution in [0, 0.1) is 0 Å². The predicted octanol–water partition coefficient (Wildman–Crippen LogP) is 3.90. The molecule has 1 aromatic carbocycles. The maximum absolute atomic E-state index is 12.2. The fourth-order valence-electron chi connectivity index (χ4n) is 2.74. The summed E-state index contributed by atoms with van der Waals surface area (Å²) in [7, 11) is 0. The van der Waals surface area contributed by atoms with E-state index in [2.05, 4.69) is 51.7 Å². The van der Waals surface area contributed by atoms with E-state index >= 15 is 0 Å². The van der Waals surface area contributed by atoms with Crippen LogP contribution in [0.4, 0.5) is 0 Å². The molecule has 0 unspecified atom stereocenters. The van der Waals surface area contributed by atoms with Crippen LogP contribution in [0.15, 0.2) is 53.9 Å². The molecular formula is C21H25N5OS. The first-order chi connectivity index (χ1) is 13.4. The number of carbonyl (C=O) groups is 1. The second-order valence-electron chi connectivity index (χ2n) is 7.49. The second-order valence-corrected chi connectivity index (χ2v) is 8.43. The summed E-state index contributed by atoms with van der Waals surface area (Å²) in [5, 5.41) is 12.4. The molecule has 7 heteroatoms. The van der Waals surface area contributed by atoms with Crippen LogP contribution in [-0.2, 0) is 11.2 Å². The van der Waals surface area contributed by atoms with Gasteiger partial charge in [0.15, 0.2) is 11.0 Å². The van der Waals surface area contributed by atoms with Gasteiger partial charge in [-0.15, -0.1) is 10.2 Å². The van der Waals surface area contributed by atoms with Crippen molar-refractivity contribution in [2.75, 3.05) is 5.75 Å². The quantitative estimate of drug-likeness (QED) is 0.641. The summed E-state index contributed by atoms with van der Waals surface area (Å²) >= 11 is 1.37. The molecule has 0 bridgehead atoms. The van der Waals surface area contributed by atoms with Crippen LogP contribution < -0.4 is 5.32 Å². The van der Waals surface area contributed by atoms with E-state index in [4.69, 9.17) is 0 Å². The number of nitrogens with zero attached hydrogens (tertiary/aromatic N) is 4. The topological polar surface area (TPSA) is 72.7 Å². The number of hydrogen-bond acceptors (Lipinski definition) is 5. The van der Waals surface area contributed by atoms with Crippen molar-refractivity contribution in [1.82, 2.24) is 25.1 Å². The van der Waals surface area contributed by atoms with E-state index in [0.717, 1.165) is 17.7 Å². The van der Waals surface area contributed by atoms with Crippen LogP contribution in [-0.4, -0.2) is 36.9 Å². The van der Waals surface area contributed by atoms with Gasteiger partial charge in [-0.1, -0.05) is 30.8 Å². The number of pyridine rings is 1. The van der Waals surface area contributed by atoms with Crippen molar-refractivity contribution in [3.05, 3.63) is 54.4 Å². The first-order valence-corrected chi connectivity index (χ1v) is 10.2. The van der Waals surface area contributed by atoms with E-state index in [1.807, 2.05) is 37.5 Å². The lowest BCUT2D eigenvalue weighted by atomic mass is 10.1. The van der Waals surface area contributed by atoms with Gasteiger partial charge in [0.05, 0.1) is 5.75 Å². The molecule has 0 radical (unpaired) electrons. The number of nitrogens with one attached hydrogen (secondary N) is 1. The molecule has 0 atom stereocenters. The summed E-state index contributed by atoms with van der Waals surface area (Å²) in [6.07, 6.45) is 4.47. The van der Waals surface area contributed by atoms with Crippen molar-refractivity contribution in [2.45, 2.75) is 44.8 Å². The van der Waals surface area contributed by atoms with Gasteiger partial charge in [-0.25, -0.2) is 0 Å². The Morgan fingerprint density at radius 1 is 1.14 bits per heavy atom. The van der Waals surface area contributed by atoms with E-state index in [1.165, 1.54) is 17.3 Å². The molecule has 0 aliphatic rings. The lowest BCUT2D eigenvalue weighted by Gasteiger charge is -2.20. The molecule has 28 heavy (non-hydrogen) atoms. The number of amides is 1. The highest BCUT2D eigenvalue weighted by Gasteiger charge is 2.19. The number of thioether (sulfide) groups is 1. The summed E-state index contributed by atoms with van der Waals surface area (Å²) in [5.41, 5.74) is 2.83. The SMILES string of the molecule is CCc1ccc(-n2c(SCC(=O)NC(C)(C)C)nnc2-c2cccnc2)cc1. The van der Waals surface area contributed by atoms with Gasteiger partial charge in [-0.05, 0) is 57.0 Å². The molecule has 0 saturated carbocycles. The summed E-state index contributed by atoms with van der Waals surface area (Å²) in [6, 6.07) is 12.1. The Bertz CT molecular complexity index is 930. The van der Waals surface area contributed by atoms with Crippen molar-refractivity contribution in [2.24, 2.45) is 0 Å². The Labute approximate surface area is 169 Å². The third kappa shape index (κ3) is 4.98. The van der Waals surface area contributed by atoms with Crippen molar-refractivity contribution < 1.29 is 4.79 Å². The van der Waals surface area contributed by atoms with E-state index in [-0.39, 0.29) is 17.2 Å². The van der Waals surface area contributed by atoms with Gasteiger partial charge in [-0.2, -0.15) is 0 Å². The highest BCUT2D eigenvalue weighted by Crippen LogP contribution is 2.27. The monoisotopic (exact) mass is 395 g/mol. The Balaban J connectivity index is 1.93. The lowest BCUT2D eigenvalue weighted by Crippen LogP contribution is -2.41. The third-order valence-corrected chi connectivity index (χ3v) is 4.93. The van der Waals surface area contributed by atoms with E-state index < -0.39 is 0 Å². The fraction of sp³-hybridized carbons (Fsp3) is 0.333. The fourth-order valence-corrected chi connectivity index (χ4v) is 3.50. The average molecular weight is 396 g/mol. The van der Waals surface area contributed by atoms with Gasteiger partial charge in [0.1, 0.15) is 0 Å². The van der Waals surface area contributed by atoms with E-state index in [1.54, 1.807) is 12.4 Å². The van der Waals surface area contributed by atoms with Gasteiger partial charge in [0, 0.05) is 29.2 Å². The maximum Gasteiger partial charge on any atom is 0.230 e. The zero-order valence-corrected chi connectivity index (χ0v) is 17.5. The first-order valence-electron chi connectivity index (χ1n) is 9.26. The molecule has 146 valence electrons. The summed E-state index contributed by atoms with van der Waals surface area (Å²) < 4.78 is 1.98. The Hall–Kier alpha value is -2.67. The molecule has 0 spiro atoms. The Morgan fingerprint density at radius 3 is 2.50 bits per heavy atom. The largest absolute Gasteiger partial charge is 0.351 e. The number of aromatic nitrogens is 4. The molecule has 1 amide bonds. The van der Waals surface area contributed by atoms with Gasteiger partial charge >= 0.3 is 0 Å². The third-order valence-electron chi connectivity index (χ3n) is 4.00. The Morgan fingerprint density at radius 2 is 1.89 bits per heavy atom. The smallest absolute Gasteiger partial charge is 0.230 e. The van der Waals surface area contributed by atoms with E-state index in [9.17, 15) is 4.79 Å². The molecular weight excluding hydrogens is 370 g/mol. The molecule has 0 aliphatic carbocycles. The van der Waals surface area contributed by atoms with Crippen molar-refractivity contribution in [3.63, 3.8) is 0 Å². The number of aryl methyl sites for hydroxylation is 1. The minimum atomic E-state index is -0.262. The molecule has 1 N–H and O–H groups in total. The second kappa shape index (κ2) is 8.56. The zero-order valence-electron chi connectivity index (χ0n) is 16.6. The molecule has 3 rings (SSSR count). The number of benzene rings is 1. The normalized spacial score (nSPS) is 11.4. The average Bonchev–Trinajstić information content (AvgIpc) is 3.10. The summed E-state index contributed by atoms with van der Waals surface area (Å²) in [4.78, 5) is 16.4. The van der Waals surface area contributed by atoms with Crippen LogP contribution in [0.25, 0.3) is 17.1 Å². The first kappa shape index (κ1) is 20.1. The van der Waals surface area contributed by atoms with Crippen LogP contribution in [0.1, 0.15) is 33.3 Å². The number of hydrogen-bond donors (Lipinski definition) is 1. The number of rotatable bonds is 6. The Kier molecular flexibility index (Phi) is 6.14. The van der Waals surface area contributed by atoms with E-state index in [0.29, 0.717) is 11.0 Å². The standard InChI is InChI=1S/C21H25N5OS/c1-5-15-8-10-17(11-9-15)26-19(16-7-6-12-22-13-16)24-25-20(26)28-14-18(27)23-21(2,3)4/h6-13H,5,14H2,1-4H3,(H,23,27). The minimum Gasteiger partial charge on any atom is -0.351 e. The van der Waals surface area contributed by atoms with Crippen molar-refractivity contribution in [3.8, 4) is 17.1 Å². The molecule has 0 saturated heterocycles. The molecule has 6 nitrogen and oxygen atoms in total. The highest BCUT2D eigenvalue weighted by atomic mass is 32.2. The van der Waals surface area contributed by atoms with Gasteiger partial charge in [-0.3, -0.25) is 14.3 Å². The van der Waals surface area contributed by atoms with Crippen LogP contribution >= 0.6 is 11.8 Å². The summed E-state index contributed by atoms with van der Waals surface area (Å²) in [5.74, 6) is 0.947. The van der Waals surface area contributed by atoms with Crippen LogP contribution in [0.5, 0.6) is 0 Å². The molecule has 0 fully saturated rings. The summed E-state index contributed by atoms with van der Waals surface area (Å²) in [6.45, 7) is 8.03. The van der Waals surface area contributed by atoms with Gasteiger partial charge < -0.3 is 5.32 Å². The zero-order chi connectivity index (χ0) is 20.1. The van der Waals surface area contributed by atoms with Crippen LogP contribution in [0.2, 0.25) is 0 Å². The predicted molar refractivity (Wildman–Crippen MR) is 113 cm³/mol. The van der Waals surface area contributed by atoms with Crippen molar-refractivity contribution >= 4 is 17.7 Å². The van der Waals surface area contributed by atoms with Gasteiger partial charge in [0.2, 0.25) is 5.91 Å².